The molecule has 0 bridgehead atoms. The molecule has 2 aromatic heterocycles. The summed E-state index contributed by atoms with van der Waals surface area (Å²) < 4.78 is 60.1. The predicted octanol–water partition coefficient (Wildman–Crippen LogP) is 6.95. The number of likely N-dealkylation sites (tertiary alicyclic amines) is 2. The van der Waals surface area contributed by atoms with Crippen molar-refractivity contribution in [3.05, 3.63) is 54.8 Å². The zero-order valence-corrected chi connectivity index (χ0v) is 31.2. The SMILES string of the molecule is C=CC(=O)N1CC2(CCN(c3nc(OC4CCN(CCOC(C)C)CC4)nc4c(OCC(F)(F)F)c(-c5c(C)ccc6[nH]ncc56)c(C=C)cc34)CC2)C1. The number of aromatic nitrogens is 4. The van der Waals surface area contributed by atoms with Crippen LogP contribution in [0.1, 0.15) is 50.7 Å². The fraction of sp³-hybridized carbons (Fsp3) is 0.500. The van der Waals surface area contributed by atoms with Gasteiger partial charge >= 0.3 is 12.2 Å². The van der Waals surface area contributed by atoms with E-state index in [9.17, 15) is 18.0 Å². The minimum Gasteiger partial charge on any atom is -0.481 e. The van der Waals surface area contributed by atoms with Gasteiger partial charge in [0.2, 0.25) is 5.91 Å². The van der Waals surface area contributed by atoms with Crippen molar-refractivity contribution in [1.82, 2.24) is 30.0 Å². The van der Waals surface area contributed by atoms with Crippen molar-refractivity contribution in [1.29, 1.82) is 0 Å². The lowest BCUT2D eigenvalue weighted by molar-refractivity contribution is -0.153. The van der Waals surface area contributed by atoms with E-state index in [2.05, 4.69) is 33.2 Å². The Morgan fingerprint density at radius 2 is 1.81 bits per heavy atom. The van der Waals surface area contributed by atoms with E-state index in [0.717, 1.165) is 61.8 Å². The molecule has 2 aromatic carbocycles. The van der Waals surface area contributed by atoms with E-state index >= 15 is 0 Å². The van der Waals surface area contributed by atoms with Gasteiger partial charge in [0.1, 0.15) is 17.4 Å². The van der Waals surface area contributed by atoms with Crippen LogP contribution in [0.15, 0.2) is 43.6 Å². The van der Waals surface area contributed by atoms with Gasteiger partial charge in [0.25, 0.3) is 0 Å². The summed E-state index contributed by atoms with van der Waals surface area (Å²) in [4.78, 5) is 28.4. The summed E-state index contributed by atoms with van der Waals surface area (Å²) in [5.74, 6) is 0.481. The number of alkyl halides is 3. The number of piperidine rings is 2. The number of aromatic amines is 1. The Kier molecular flexibility index (Phi) is 10.6. The van der Waals surface area contributed by atoms with Crippen LogP contribution in [0, 0.1) is 12.3 Å². The van der Waals surface area contributed by atoms with E-state index in [4.69, 9.17) is 24.2 Å². The molecule has 0 unspecified atom stereocenters. The first-order chi connectivity index (χ1) is 25.9. The summed E-state index contributed by atoms with van der Waals surface area (Å²) in [5.41, 5.74) is 3.49. The van der Waals surface area contributed by atoms with Gasteiger partial charge in [-0.1, -0.05) is 25.3 Å². The van der Waals surface area contributed by atoms with Gasteiger partial charge in [-0.25, -0.2) is 0 Å². The van der Waals surface area contributed by atoms with Crippen LogP contribution in [-0.2, 0) is 9.53 Å². The number of nitrogens with one attached hydrogen (secondary N) is 1. The van der Waals surface area contributed by atoms with E-state index in [0.29, 0.717) is 60.7 Å². The molecular formula is C40H48F3N7O4. The number of hydrogen-bond acceptors (Lipinski definition) is 9. The number of amides is 1. The van der Waals surface area contributed by atoms with Crippen LogP contribution < -0.4 is 14.4 Å². The summed E-state index contributed by atoms with van der Waals surface area (Å²) in [6.07, 6.45) is 3.14. The van der Waals surface area contributed by atoms with Crippen LogP contribution in [0.4, 0.5) is 19.0 Å². The maximum Gasteiger partial charge on any atom is 0.422 e. The summed E-state index contributed by atoms with van der Waals surface area (Å²) >= 11 is 0. The van der Waals surface area contributed by atoms with Gasteiger partial charge in [-0.05, 0) is 81.4 Å². The van der Waals surface area contributed by atoms with E-state index in [1.807, 2.05) is 43.9 Å². The number of hydrogen-bond donors (Lipinski definition) is 1. The van der Waals surface area contributed by atoms with Crippen molar-refractivity contribution in [2.75, 3.05) is 63.9 Å². The minimum absolute atomic E-state index is 0.00669. The highest BCUT2D eigenvalue weighted by molar-refractivity contribution is 6.07. The zero-order chi connectivity index (χ0) is 38.2. The normalized spacial score (nSPS) is 18.1. The molecule has 3 fully saturated rings. The summed E-state index contributed by atoms with van der Waals surface area (Å²) in [6, 6.07) is 5.78. The number of H-pyrrole nitrogens is 1. The molecule has 0 aliphatic carbocycles. The maximum absolute atomic E-state index is 14.0. The van der Waals surface area contributed by atoms with E-state index in [-0.39, 0.29) is 40.8 Å². The number of benzene rings is 2. The Morgan fingerprint density at radius 3 is 2.48 bits per heavy atom. The molecule has 5 heterocycles. The number of rotatable bonds is 12. The number of aryl methyl sites for hydroxylation is 1. The smallest absolute Gasteiger partial charge is 0.422 e. The third-order valence-corrected chi connectivity index (χ3v) is 10.9. The maximum atomic E-state index is 14.0. The van der Waals surface area contributed by atoms with E-state index < -0.39 is 12.8 Å². The van der Waals surface area contributed by atoms with Crippen molar-refractivity contribution in [3.63, 3.8) is 0 Å². The number of fused-ring (bicyclic) bond motifs is 2. The molecule has 7 rings (SSSR count). The number of halogens is 3. The van der Waals surface area contributed by atoms with Gasteiger partial charge in [0, 0.05) is 67.6 Å². The number of ether oxygens (including phenoxy) is 3. The predicted molar refractivity (Wildman–Crippen MR) is 203 cm³/mol. The van der Waals surface area contributed by atoms with E-state index in [1.54, 1.807) is 12.3 Å². The molecule has 11 nitrogen and oxygen atoms in total. The van der Waals surface area contributed by atoms with Crippen LogP contribution in [0.25, 0.3) is 39.0 Å². The Labute approximate surface area is 313 Å². The van der Waals surface area contributed by atoms with Gasteiger partial charge in [-0.2, -0.15) is 28.2 Å². The third-order valence-electron chi connectivity index (χ3n) is 10.9. The summed E-state index contributed by atoms with van der Waals surface area (Å²) in [7, 11) is 0. The molecule has 14 heteroatoms. The van der Waals surface area contributed by atoms with Gasteiger partial charge in [-0.3, -0.25) is 9.89 Å². The number of nitrogens with zero attached hydrogens (tertiary/aromatic N) is 6. The molecule has 0 radical (unpaired) electrons. The Balaban J connectivity index is 1.30. The molecule has 3 aliphatic heterocycles. The second-order valence-corrected chi connectivity index (χ2v) is 15.1. The lowest BCUT2D eigenvalue weighted by atomic mass is 9.72. The molecule has 1 amide bonds. The van der Waals surface area contributed by atoms with Crippen molar-refractivity contribution < 1.29 is 32.2 Å². The van der Waals surface area contributed by atoms with Crippen LogP contribution in [0.3, 0.4) is 0 Å². The van der Waals surface area contributed by atoms with Crippen molar-refractivity contribution in [2.45, 2.75) is 64.8 Å². The largest absolute Gasteiger partial charge is 0.481 e. The summed E-state index contributed by atoms with van der Waals surface area (Å²) in [6.45, 7) is 17.8. The zero-order valence-electron chi connectivity index (χ0n) is 31.2. The van der Waals surface area contributed by atoms with Crippen LogP contribution >= 0.6 is 0 Å². The van der Waals surface area contributed by atoms with Crippen LogP contribution in [0.5, 0.6) is 11.8 Å². The summed E-state index contributed by atoms with van der Waals surface area (Å²) in [5, 5.41) is 8.48. The topological polar surface area (TPSA) is 109 Å². The monoisotopic (exact) mass is 747 g/mol. The second-order valence-electron chi connectivity index (χ2n) is 15.1. The molecule has 3 aliphatic rings. The molecule has 3 saturated heterocycles. The van der Waals surface area contributed by atoms with Crippen molar-refractivity contribution in [3.8, 4) is 22.9 Å². The first-order valence-corrected chi connectivity index (χ1v) is 18.7. The second kappa shape index (κ2) is 15.2. The van der Waals surface area contributed by atoms with Crippen LogP contribution in [-0.4, -0.2) is 113 Å². The Bertz CT molecular complexity index is 2020. The molecular weight excluding hydrogens is 699 g/mol. The molecule has 1 spiro atoms. The lowest BCUT2D eigenvalue weighted by Crippen LogP contribution is -2.61. The fourth-order valence-corrected chi connectivity index (χ4v) is 8.06. The van der Waals surface area contributed by atoms with Gasteiger partial charge < -0.3 is 28.9 Å². The van der Waals surface area contributed by atoms with Gasteiger partial charge in [0.15, 0.2) is 12.4 Å². The van der Waals surface area contributed by atoms with Crippen LogP contribution in [0.2, 0.25) is 0 Å². The Hall–Kier alpha value is -4.69. The van der Waals surface area contributed by atoms with Gasteiger partial charge in [0.05, 0.1) is 24.4 Å². The Morgan fingerprint density at radius 1 is 1.07 bits per heavy atom. The quantitative estimate of drug-likeness (QED) is 0.154. The van der Waals surface area contributed by atoms with E-state index in [1.165, 1.54) is 6.08 Å². The highest BCUT2D eigenvalue weighted by Crippen LogP contribution is 2.48. The molecule has 0 atom stereocenters. The van der Waals surface area contributed by atoms with Crippen molar-refractivity contribution >= 4 is 39.6 Å². The number of anilines is 1. The third kappa shape index (κ3) is 7.76. The number of carbonyl (C=O) groups is 1. The molecule has 288 valence electrons. The highest BCUT2D eigenvalue weighted by Gasteiger charge is 2.46. The average Bonchev–Trinajstić information content (AvgIpc) is 3.61. The first kappa shape index (κ1) is 37.6. The van der Waals surface area contributed by atoms with Crippen molar-refractivity contribution in [2.24, 2.45) is 5.41 Å². The molecule has 4 aromatic rings. The number of carbonyl (C=O) groups excluding carboxylic acids is 1. The molecule has 1 N–H and O–H groups in total. The molecule has 0 saturated carbocycles. The fourth-order valence-electron chi connectivity index (χ4n) is 8.06. The first-order valence-electron chi connectivity index (χ1n) is 18.7. The minimum atomic E-state index is -4.61. The average molecular weight is 748 g/mol. The standard InChI is InChI=1S/C40H48F3N7O4/c1-6-27-20-29-35(36(53-24-40(41,42)43)34(27)33-26(5)8-9-31-30(33)21-44-47-31)45-38(54-28-10-14-48(15-11-28)18-19-52-25(3)4)46-37(29)49-16-12-39(13-17-49)22-50(23-39)32(51)7-2/h6-9,20-21,25,28H,1-2,10-19,22-24H2,3-5H3,(H,44,47). The highest BCUT2D eigenvalue weighted by atomic mass is 19.4. The lowest BCUT2D eigenvalue weighted by Gasteiger charge is -2.54. The molecule has 54 heavy (non-hydrogen) atoms. The van der Waals surface area contributed by atoms with Gasteiger partial charge in [-0.15, -0.1) is 0 Å².